The van der Waals surface area contributed by atoms with Gasteiger partial charge in [0, 0.05) is 5.56 Å². The molecule has 1 heterocycles. The minimum atomic E-state index is -0.471. The Morgan fingerprint density at radius 2 is 2.10 bits per heavy atom. The van der Waals surface area contributed by atoms with E-state index < -0.39 is 6.10 Å². The molecule has 0 aliphatic heterocycles. The van der Waals surface area contributed by atoms with Gasteiger partial charge in [0.15, 0.2) is 0 Å². The maximum Gasteiger partial charge on any atom is 0.229 e. The first-order valence-electron chi connectivity index (χ1n) is 6.67. The van der Waals surface area contributed by atoms with Crippen LogP contribution in [0.25, 0.3) is 11.4 Å². The van der Waals surface area contributed by atoms with Crippen LogP contribution in [0, 0.1) is 12.8 Å². The van der Waals surface area contributed by atoms with Crippen LogP contribution in [0.2, 0.25) is 0 Å². The first-order chi connectivity index (χ1) is 9.51. The monoisotopic (exact) mass is 276 g/mol. The summed E-state index contributed by atoms with van der Waals surface area (Å²) in [7, 11) is 1.64. The standard InChI is InChI=1S/C15H20N2O3/c1-9(2)12(18)8-14-16-15(17-20-14)11-5-6-13(19-4)10(3)7-11/h5-7,9,12,18H,8H2,1-4H3. The maximum absolute atomic E-state index is 9.83. The van der Waals surface area contributed by atoms with Crippen molar-refractivity contribution in [1.29, 1.82) is 0 Å². The Hall–Kier alpha value is -1.88. The van der Waals surface area contributed by atoms with Gasteiger partial charge in [0.2, 0.25) is 11.7 Å². The number of aliphatic hydroxyl groups is 1. The minimum absolute atomic E-state index is 0.161. The zero-order valence-electron chi connectivity index (χ0n) is 12.3. The van der Waals surface area contributed by atoms with Crippen molar-refractivity contribution in [3.8, 4) is 17.1 Å². The van der Waals surface area contributed by atoms with E-state index in [9.17, 15) is 5.11 Å². The number of aryl methyl sites for hydroxylation is 1. The molecule has 2 rings (SSSR count). The van der Waals surface area contributed by atoms with E-state index in [-0.39, 0.29) is 5.92 Å². The van der Waals surface area contributed by atoms with E-state index in [1.165, 1.54) is 0 Å². The topological polar surface area (TPSA) is 68.4 Å². The van der Waals surface area contributed by atoms with Gasteiger partial charge >= 0.3 is 0 Å². The van der Waals surface area contributed by atoms with Gasteiger partial charge in [-0.05, 0) is 36.6 Å². The molecular weight excluding hydrogens is 256 g/mol. The van der Waals surface area contributed by atoms with Crippen LogP contribution in [0.3, 0.4) is 0 Å². The lowest BCUT2D eigenvalue weighted by molar-refractivity contribution is 0.116. The van der Waals surface area contributed by atoms with E-state index in [2.05, 4.69) is 10.1 Å². The van der Waals surface area contributed by atoms with Gasteiger partial charge in [0.1, 0.15) is 5.75 Å². The second-order valence-electron chi connectivity index (χ2n) is 5.21. The van der Waals surface area contributed by atoms with Crippen LogP contribution in [-0.2, 0) is 6.42 Å². The SMILES string of the molecule is COc1ccc(-c2noc(CC(O)C(C)C)n2)cc1C. The number of ether oxygens (including phenoxy) is 1. The highest BCUT2D eigenvalue weighted by Gasteiger charge is 2.16. The fourth-order valence-corrected chi connectivity index (χ4v) is 1.89. The maximum atomic E-state index is 9.83. The molecular formula is C15H20N2O3. The molecule has 0 saturated carbocycles. The molecule has 1 unspecified atom stereocenters. The van der Waals surface area contributed by atoms with E-state index >= 15 is 0 Å². The largest absolute Gasteiger partial charge is 0.496 e. The zero-order valence-corrected chi connectivity index (χ0v) is 12.3. The number of aliphatic hydroxyl groups excluding tert-OH is 1. The molecule has 108 valence electrons. The minimum Gasteiger partial charge on any atom is -0.496 e. The number of aromatic nitrogens is 2. The summed E-state index contributed by atoms with van der Waals surface area (Å²) in [6.07, 6.45) is -0.0966. The Balaban J connectivity index is 2.18. The molecule has 1 N–H and O–H groups in total. The number of methoxy groups -OCH3 is 1. The third kappa shape index (κ3) is 3.17. The zero-order chi connectivity index (χ0) is 14.7. The van der Waals surface area contributed by atoms with E-state index in [1.54, 1.807) is 7.11 Å². The van der Waals surface area contributed by atoms with Crippen molar-refractivity contribution < 1.29 is 14.4 Å². The van der Waals surface area contributed by atoms with Gasteiger partial charge in [-0.3, -0.25) is 0 Å². The van der Waals surface area contributed by atoms with Crippen LogP contribution in [-0.4, -0.2) is 28.5 Å². The summed E-state index contributed by atoms with van der Waals surface area (Å²) >= 11 is 0. The Morgan fingerprint density at radius 3 is 2.70 bits per heavy atom. The molecule has 1 aromatic heterocycles. The molecule has 0 fully saturated rings. The molecule has 0 aliphatic carbocycles. The molecule has 20 heavy (non-hydrogen) atoms. The van der Waals surface area contributed by atoms with Crippen molar-refractivity contribution in [2.24, 2.45) is 5.92 Å². The Kier molecular flexibility index (Phi) is 4.39. The summed E-state index contributed by atoms with van der Waals surface area (Å²) in [6, 6.07) is 5.72. The molecule has 2 aromatic rings. The average molecular weight is 276 g/mol. The summed E-state index contributed by atoms with van der Waals surface area (Å²) in [5.74, 6) is 1.97. The van der Waals surface area contributed by atoms with Gasteiger partial charge in [0.05, 0.1) is 19.6 Å². The Morgan fingerprint density at radius 1 is 1.35 bits per heavy atom. The molecule has 1 atom stereocenters. The first kappa shape index (κ1) is 14.5. The fraction of sp³-hybridized carbons (Fsp3) is 0.467. The number of benzene rings is 1. The van der Waals surface area contributed by atoms with Crippen molar-refractivity contribution in [2.45, 2.75) is 33.3 Å². The highest BCUT2D eigenvalue weighted by atomic mass is 16.5. The van der Waals surface area contributed by atoms with Crippen LogP contribution in [0.1, 0.15) is 25.3 Å². The molecule has 0 saturated heterocycles. The van der Waals surface area contributed by atoms with Crippen molar-refractivity contribution >= 4 is 0 Å². The second kappa shape index (κ2) is 6.05. The van der Waals surface area contributed by atoms with Gasteiger partial charge in [-0.2, -0.15) is 4.98 Å². The first-order valence-corrected chi connectivity index (χ1v) is 6.67. The van der Waals surface area contributed by atoms with Crippen LogP contribution < -0.4 is 4.74 Å². The molecule has 0 spiro atoms. The van der Waals surface area contributed by atoms with Crippen LogP contribution in [0.15, 0.2) is 22.7 Å². The lowest BCUT2D eigenvalue weighted by Crippen LogP contribution is -2.17. The van der Waals surface area contributed by atoms with Gasteiger partial charge in [-0.15, -0.1) is 0 Å². The summed E-state index contributed by atoms with van der Waals surface area (Å²) in [4.78, 5) is 4.32. The van der Waals surface area contributed by atoms with E-state index in [4.69, 9.17) is 9.26 Å². The lowest BCUT2D eigenvalue weighted by atomic mass is 10.0. The van der Waals surface area contributed by atoms with E-state index in [0.717, 1.165) is 16.9 Å². The molecule has 0 aliphatic rings. The summed E-state index contributed by atoms with van der Waals surface area (Å²) < 4.78 is 10.4. The summed E-state index contributed by atoms with van der Waals surface area (Å²) in [5.41, 5.74) is 1.89. The second-order valence-corrected chi connectivity index (χ2v) is 5.21. The fourth-order valence-electron chi connectivity index (χ4n) is 1.89. The van der Waals surface area contributed by atoms with E-state index in [1.807, 2.05) is 39.0 Å². The molecule has 5 heteroatoms. The average Bonchev–Trinajstić information content (AvgIpc) is 2.87. The molecule has 1 aromatic carbocycles. The number of hydrogen-bond acceptors (Lipinski definition) is 5. The highest BCUT2D eigenvalue weighted by molar-refractivity contribution is 5.58. The van der Waals surface area contributed by atoms with Crippen molar-refractivity contribution in [3.63, 3.8) is 0 Å². The normalized spacial score (nSPS) is 12.7. The quantitative estimate of drug-likeness (QED) is 0.909. The smallest absolute Gasteiger partial charge is 0.229 e. The van der Waals surface area contributed by atoms with Crippen LogP contribution in [0.5, 0.6) is 5.75 Å². The predicted octanol–water partition coefficient (Wildman–Crippen LogP) is 2.61. The molecule has 0 bridgehead atoms. The Bertz CT molecular complexity index is 578. The highest BCUT2D eigenvalue weighted by Crippen LogP contribution is 2.24. The van der Waals surface area contributed by atoms with Crippen molar-refractivity contribution in [3.05, 3.63) is 29.7 Å². The van der Waals surface area contributed by atoms with Crippen LogP contribution >= 0.6 is 0 Å². The van der Waals surface area contributed by atoms with E-state index in [0.29, 0.717) is 18.1 Å². The Labute approximate surface area is 118 Å². The van der Waals surface area contributed by atoms with Gasteiger partial charge < -0.3 is 14.4 Å². The lowest BCUT2D eigenvalue weighted by Gasteiger charge is -2.10. The van der Waals surface area contributed by atoms with Crippen molar-refractivity contribution in [2.75, 3.05) is 7.11 Å². The van der Waals surface area contributed by atoms with Gasteiger partial charge in [-0.25, -0.2) is 0 Å². The summed E-state index contributed by atoms with van der Waals surface area (Å²) in [6.45, 7) is 5.87. The molecule has 0 radical (unpaired) electrons. The van der Waals surface area contributed by atoms with Crippen molar-refractivity contribution in [1.82, 2.24) is 10.1 Å². The third-order valence-electron chi connectivity index (χ3n) is 3.27. The number of hydrogen-bond donors (Lipinski definition) is 1. The number of nitrogens with zero attached hydrogens (tertiary/aromatic N) is 2. The van der Waals surface area contributed by atoms with Crippen LogP contribution in [0.4, 0.5) is 0 Å². The predicted molar refractivity (Wildman–Crippen MR) is 75.6 cm³/mol. The van der Waals surface area contributed by atoms with Gasteiger partial charge in [0.25, 0.3) is 0 Å². The molecule has 5 nitrogen and oxygen atoms in total. The van der Waals surface area contributed by atoms with Gasteiger partial charge in [-0.1, -0.05) is 19.0 Å². The summed E-state index contributed by atoms with van der Waals surface area (Å²) in [5, 5.41) is 13.8. The molecule has 0 amide bonds. The third-order valence-corrected chi connectivity index (χ3v) is 3.27. The number of rotatable bonds is 5.